The van der Waals surface area contributed by atoms with E-state index in [-0.39, 0.29) is 5.91 Å². The highest BCUT2D eigenvalue weighted by Gasteiger charge is 2.09. The highest BCUT2D eigenvalue weighted by atomic mass is 16.4. The van der Waals surface area contributed by atoms with Gasteiger partial charge in [-0.3, -0.25) is 9.69 Å². The van der Waals surface area contributed by atoms with E-state index in [4.69, 9.17) is 5.11 Å². The second-order valence-corrected chi connectivity index (χ2v) is 4.80. The smallest absolute Gasteiger partial charge is 0.328 e. The molecule has 0 aliphatic heterocycles. The quantitative estimate of drug-likeness (QED) is 0.716. The van der Waals surface area contributed by atoms with E-state index in [0.717, 1.165) is 30.2 Å². The van der Waals surface area contributed by atoms with Crippen LogP contribution in [0.15, 0.2) is 30.3 Å². The van der Waals surface area contributed by atoms with Gasteiger partial charge in [0.1, 0.15) is 0 Å². The molecule has 1 amide bonds. The lowest BCUT2D eigenvalue weighted by molar-refractivity contribution is -0.131. The van der Waals surface area contributed by atoms with E-state index < -0.39 is 5.97 Å². The van der Waals surface area contributed by atoms with Crippen molar-refractivity contribution in [3.8, 4) is 0 Å². The summed E-state index contributed by atoms with van der Waals surface area (Å²) in [4.78, 5) is 24.1. The van der Waals surface area contributed by atoms with Gasteiger partial charge in [0.05, 0.1) is 6.54 Å². The number of likely N-dealkylation sites (N-methyl/N-ethyl adjacent to an activating group) is 1. The molecular formula is C16H22N2O3. The van der Waals surface area contributed by atoms with Gasteiger partial charge in [0.15, 0.2) is 0 Å². The van der Waals surface area contributed by atoms with Gasteiger partial charge in [0.25, 0.3) is 0 Å². The second-order valence-electron chi connectivity index (χ2n) is 4.80. The van der Waals surface area contributed by atoms with E-state index in [9.17, 15) is 9.59 Å². The Balaban J connectivity index is 2.76. The number of amides is 1. The van der Waals surface area contributed by atoms with Crippen LogP contribution in [-0.2, 0) is 16.1 Å². The summed E-state index contributed by atoms with van der Waals surface area (Å²) in [5.41, 5.74) is 1.89. The van der Waals surface area contributed by atoms with Crippen LogP contribution < -0.4 is 5.32 Å². The lowest BCUT2D eigenvalue weighted by Gasteiger charge is -2.20. The average molecular weight is 290 g/mol. The van der Waals surface area contributed by atoms with Crippen molar-refractivity contribution in [1.29, 1.82) is 0 Å². The standard InChI is InChI=1S/C16H22N2O3/c1-3-9-18(12-15(19)17-2)11-14-6-4-5-13(10-14)7-8-16(20)21/h4-8,10H,3,9,11-12H2,1-2H3,(H,17,19)(H,20,21). The van der Waals surface area contributed by atoms with Crippen molar-refractivity contribution >= 4 is 18.0 Å². The third-order valence-corrected chi connectivity index (χ3v) is 2.96. The first-order chi connectivity index (χ1) is 10.0. The molecule has 5 heteroatoms. The maximum absolute atomic E-state index is 11.5. The Hall–Kier alpha value is -2.14. The van der Waals surface area contributed by atoms with Crippen LogP contribution in [0.4, 0.5) is 0 Å². The molecule has 0 bridgehead atoms. The number of nitrogens with one attached hydrogen (secondary N) is 1. The van der Waals surface area contributed by atoms with E-state index in [1.807, 2.05) is 24.3 Å². The number of carbonyl (C=O) groups excluding carboxylic acids is 1. The largest absolute Gasteiger partial charge is 0.478 e. The number of rotatable bonds is 8. The van der Waals surface area contributed by atoms with Crippen molar-refractivity contribution in [3.05, 3.63) is 41.5 Å². The number of aliphatic carboxylic acids is 1. The van der Waals surface area contributed by atoms with Crippen LogP contribution in [0.5, 0.6) is 0 Å². The Kier molecular flexibility index (Phi) is 7.18. The van der Waals surface area contributed by atoms with Gasteiger partial charge >= 0.3 is 5.97 Å². The molecule has 5 nitrogen and oxygen atoms in total. The highest BCUT2D eigenvalue weighted by molar-refractivity contribution is 5.85. The first kappa shape index (κ1) is 16.9. The molecule has 0 unspecified atom stereocenters. The van der Waals surface area contributed by atoms with Crippen molar-refractivity contribution in [3.63, 3.8) is 0 Å². The van der Waals surface area contributed by atoms with Gasteiger partial charge < -0.3 is 10.4 Å². The van der Waals surface area contributed by atoms with E-state index in [2.05, 4.69) is 17.1 Å². The molecule has 1 rings (SSSR count). The molecule has 0 aliphatic carbocycles. The van der Waals surface area contributed by atoms with Crippen LogP contribution in [0.1, 0.15) is 24.5 Å². The Morgan fingerprint density at radius 3 is 2.76 bits per heavy atom. The summed E-state index contributed by atoms with van der Waals surface area (Å²) in [5.74, 6) is -0.974. The van der Waals surface area contributed by atoms with Crippen molar-refractivity contribution in [1.82, 2.24) is 10.2 Å². The first-order valence-corrected chi connectivity index (χ1v) is 6.98. The number of carboxylic acids is 1. The minimum absolute atomic E-state index is 0.00891. The van der Waals surface area contributed by atoms with Crippen LogP contribution in [0.2, 0.25) is 0 Å². The second kappa shape index (κ2) is 8.92. The summed E-state index contributed by atoms with van der Waals surface area (Å²) in [7, 11) is 1.63. The highest BCUT2D eigenvalue weighted by Crippen LogP contribution is 2.10. The lowest BCUT2D eigenvalue weighted by Crippen LogP contribution is -2.35. The number of carboxylic acid groups (broad SMARTS) is 1. The zero-order chi connectivity index (χ0) is 15.7. The summed E-state index contributed by atoms with van der Waals surface area (Å²) >= 11 is 0. The van der Waals surface area contributed by atoms with Gasteiger partial charge in [-0.15, -0.1) is 0 Å². The molecule has 0 aliphatic rings. The Morgan fingerprint density at radius 2 is 2.14 bits per heavy atom. The van der Waals surface area contributed by atoms with Gasteiger partial charge in [0.2, 0.25) is 5.91 Å². The Bertz CT molecular complexity index is 512. The molecule has 2 N–H and O–H groups in total. The number of hydrogen-bond donors (Lipinski definition) is 2. The Morgan fingerprint density at radius 1 is 1.38 bits per heavy atom. The SMILES string of the molecule is CCCN(CC(=O)NC)Cc1cccc(C=CC(=O)O)c1. The van der Waals surface area contributed by atoms with Gasteiger partial charge in [-0.2, -0.15) is 0 Å². The fourth-order valence-corrected chi connectivity index (χ4v) is 2.03. The fraction of sp³-hybridized carbons (Fsp3) is 0.375. The van der Waals surface area contributed by atoms with Gasteiger partial charge in [-0.1, -0.05) is 31.2 Å². The summed E-state index contributed by atoms with van der Waals surface area (Å²) in [6, 6.07) is 7.66. The van der Waals surface area contributed by atoms with Crippen molar-refractivity contribution in [2.45, 2.75) is 19.9 Å². The zero-order valence-electron chi connectivity index (χ0n) is 12.5. The van der Waals surface area contributed by atoms with Crippen LogP contribution in [0.25, 0.3) is 6.08 Å². The lowest BCUT2D eigenvalue weighted by atomic mass is 10.1. The average Bonchev–Trinajstić information content (AvgIpc) is 2.45. The molecule has 0 fully saturated rings. The first-order valence-electron chi connectivity index (χ1n) is 6.98. The molecule has 1 aromatic rings. The third-order valence-electron chi connectivity index (χ3n) is 2.96. The molecule has 1 aromatic carbocycles. The van der Waals surface area contributed by atoms with Crippen LogP contribution in [0, 0.1) is 0 Å². The molecule has 0 atom stereocenters. The summed E-state index contributed by atoms with van der Waals surface area (Å²) in [6.07, 6.45) is 3.65. The maximum atomic E-state index is 11.5. The normalized spacial score (nSPS) is 11.0. The molecule has 0 saturated carbocycles. The minimum atomic E-state index is -0.965. The predicted octanol–water partition coefficient (Wildman–Crippen LogP) is 1.74. The zero-order valence-corrected chi connectivity index (χ0v) is 12.5. The van der Waals surface area contributed by atoms with Gasteiger partial charge in [0, 0.05) is 19.7 Å². The number of nitrogens with zero attached hydrogens (tertiary/aromatic N) is 1. The fourth-order valence-electron chi connectivity index (χ4n) is 2.03. The van der Waals surface area contributed by atoms with Crippen molar-refractivity contribution in [2.24, 2.45) is 0 Å². The molecule has 21 heavy (non-hydrogen) atoms. The molecule has 0 spiro atoms. The molecule has 0 aromatic heterocycles. The number of carbonyl (C=O) groups is 2. The molecule has 0 heterocycles. The van der Waals surface area contributed by atoms with Gasteiger partial charge in [-0.25, -0.2) is 4.79 Å². The van der Waals surface area contributed by atoms with Crippen LogP contribution in [-0.4, -0.2) is 42.0 Å². The number of hydrogen-bond acceptors (Lipinski definition) is 3. The monoisotopic (exact) mass is 290 g/mol. The Labute approximate surface area is 125 Å². The summed E-state index contributed by atoms with van der Waals surface area (Å²) in [5, 5.41) is 11.3. The van der Waals surface area contributed by atoms with E-state index in [0.29, 0.717) is 13.1 Å². The topological polar surface area (TPSA) is 69.6 Å². The van der Waals surface area contributed by atoms with E-state index in [1.165, 1.54) is 0 Å². The summed E-state index contributed by atoms with van der Waals surface area (Å²) in [6.45, 7) is 3.93. The van der Waals surface area contributed by atoms with Crippen LogP contribution in [0.3, 0.4) is 0 Å². The van der Waals surface area contributed by atoms with E-state index >= 15 is 0 Å². The predicted molar refractivity (Wildman–Crippen MR) is 82.7 cm³/mol. The molecular weight excluding hydrogens is 268 g/mol. The van der Waals surface area contributed by atoms with Gasteiger partial charge in [-0.05, 0) is 30.2 Å². The third kappa shape index (κ3) is 6.72. The molecule has 0 radical (unpaired) electrons. The van der Waals surface area contributed by atoms with E-state index in [1.54, 1.807) is 13.1 Å². The van der Waals surface area contributed by atoms with Crippen molar-refractivity contribution < 1.29 is 14.7 Å². The van der Waals surface area contributed by atoms with Crippen LogP contribution >= 0.6 is 0 Å². The number of benzene rings is 1. The van der Waals surface area contributed by atoms with Crippen molar-refractivity contribution in [2.75, 3.05) is 20.1 Å². The molecule has 0 saturated heterocycles. The minimum Gasteiger partial charge on any atom is -0.478 e. The molecule has 114 valence electrons. The summed E-state index contributed by atoms with van der Waals surface area (Å²) < 4.78 is 0. The maximum Gasteiger partial charge on any atom is 0.328 e.